The first-order valence-electron chi connectivity index (χ1n) is 8.40. The number of nitrogens with zero attached hydrogens (tertiary/aromatic N) is 1. The van der Waals surface area contributed by atoms with Crippen LogP contribution in [0.25, 0.3) is 11.1 Å². The molecule has 9 heteroatoms. The lowest BCUT2D eigenvalue weighted by molar-refractivity contribution is -0.120. The van der Waals surface area contributed by atoms with E-state index in [-0.39, 0.29) is 28.6 Å². The Labute approximate surface area is 160 Å². The minimum absolute atomic E-state index is 0.0337. The zero-order valence-corrected chi connectivity index (χ0v) is 16.7. The van der Waals surface area contributed by atoms with Crippen LogP contribution in [-0.2, 0) is 28.1 Å². The average molecular weight is 409 g/mol. The third-order valence-electron chi connectivity index (χ3n) is 4.36. The molecule has 3 rings (SSSR count). The van der Waals surface area contributed by atoms with Gasteiger partial charge in [-0.15, -0.1) is 11.3 Å². The molecule has 0 unspecified atom stereocenters. The van der Waals surface area contributed by atoms with E-state index < -0.39 is 15.6 Å². The van der Waals surface area contributed by atoms with Crippen molar-refractivity contribution < 1.29 is 17.6 Å². The number of hydrogen-bond donors (Lipinski definition) is 1. The first-order chi connectivity index (χ1) is 12.8. The van der Waals surface area contributed by atoms with Gasteiger partial charge in [0, 0.05) is 31.0 Å². The number of oxazole rings is 1. The van der Waals surface area contributed by atoms with Gasteiger partial charge in [0.05, 0.1) is 16.2 Å². The van der Waals surface area contributed by atoms with Crippen LogP contribution in [0.3, 0.4) is 0 Å². The average Bonchev–Trinajstić information content (AvgIpc) is 3.16. The Bertz CT molecular complexity index is 1140. The molecular weight excluding hydrogens is 388 g/mol. The number of carbonyl (C=O) groups is 1. The van der Waals surface area contributed by atoms with Gasteiger partial charge in [0.25, 0.3) is 0 Å². The summed E-state index contributed by atoms with van der Waals surface area (Å²) in [6.07, 6.45) is 0.605. The van der Waals surface area contributed by atoms with Crippen molar-refractivity contribution >= 4 is 38.2 Å². The van der Waals surface area contributed by atoms with Crippen LogP contribution >= 0.6 is 11.3 Å². The van der Waals surface area contributed by atoms with Gasteiger partial charge < -0.3 is 9.73 Å². The molecule has 2 heterocycles. The van der Waals surface area contributed by atoms with E-state index in [1.54, 1.807) is 18.4 Å². The highest BCUT2D eigenvalue weighted by Crippen LogP contribution is 2.19. The molecule has 144 valence electrons. The summed E-state index contributed by atoms with van der Waals surface area (Å²) < 4.78 is 31.3. The molecule has 3 aromatic rings. The molecule has 0 bridgehead atoms. The number of aromatic nitrogens is 1. The number of benzene rings is 1. The lowest BCUT2D eigenvalue weighted by atomic mass is 10.2. The van der Waals surface area contributed by atoms with E-state index in [1.165, 1.54) is 33.2 Å². The first-order valence-corrected chi connectivity index (χ1v) is 10.9. The van der Waals surface area contributed by atoms with Crippen LogP contribution in [0.4, 0.5) is 0 Å². The Balaban J connectivity index is 1.58. The lowest BCUT2D eigenvalue weighted by Gasteiger charge is -2.06. The van der Waals surface area contributed by atoms with Gasteiger partial charge in [-0.2, -0.15) is 0 Å². The Morgan fingerprint density at radius 2 is 2.07 bits per heavy atom. The number of nitrogens with one attached hydrogen (secondary N) is 1. The molecule has 27 heavy (non-hydrogen) atoms. The SMILES string of the molecule is Cc1ccsc1CCNC(=O)CCS(=O)(=O)c1ccc2c(c1)oc(=O)n2C. The summed E-state index contributed by atoms with van der Waals surface area (Å²) in [4.78, 5) is 24.7. The smallest absolute Gasteiger partial charge is 0.408 e. The van der Waals surface area contributed by atoms with Crippen LogP contribution < -0.4 is 11.1 Å². The van der Waals surface area contributed by atoms with Crippen molar-refractivity contribution in [3.63, 3.8) is 0 Å². The molecule has 1 N–H and O–H groups in total. The van der Waals surface area contributed by atoms with Crippen LogP contribution in [0.5, 0.6) is 0 Å². The van der Waals surface area contributed by atoms with Crippen molar-refractivity contribution in [2.45, 2.75) is 24.7 Å². The second kappa shape index (κ2) is 7.69. The second-order valence-corrected chi connectivity index (χ2v) is 9.36. The number of carbonyl (C=O) groups excluding carboxylic acids is 1. The predicted molar refractivity (Wildman–Crippen MR) is 104 cm³/mol. The molecule has 0 aliphatic carbocycles. The number of fused-ring (bicyclic) bond motifs is 1. The van der Waals surface area contributed by atoms with Crippen LogP contribution in [0.15, 0.2) is 43.8 Å². The first kappa shape index (κ1) is 19.4. The second-order valence-electron chi connectivity index (χ2n) is 6.25. The highest BCUT2D eigenvalue weighted by atomic mass is 32.2. The fourth-order valence-corrected chi connectivity index (χ4v) is 4.88. The highest BCUT2D eigenvalue weighted by Gasteiger charge is 2.18. The number of rotatable bonds is 7. The third kappa shape index (κ3) is 4.30. The van der Waals surface area contributed by atoms with Gasteiger partial charge >= 0.3 is 5.76 Å². The summed E-state index contributed by atoms with van der Waals surface area (Å²) in [5.41, 5.74) is 1.92. The van der Waals surface area contributed by atoms with Gasteiger partial charge in [0.15, 0.2) is 15.4 Å². The topological polar surface area (TPSA) is 98.4 Å². The molecule has 1 aromatic carbocycles. The van der Waals surface area contributed by atoms with Crippen molar-refractivity contribution in [3.05, 3.63) is 50.6 Å². The van der Waals surface area contributed by atoms with E-state index in [1.807, 2.05) is 18.4 Å². The Kier molecular flexibility index (Phi) is 5.52. The van der Waals surface area contributed by atoms with E-state index >= 15 is 0 Å². The van der Waals surface area contributed by atoms with Gasteiger partial charge in [0.2, 0.25) is 5.91 Å². The maximum absolute atomic E-state index is 12.5. The van der Waals surface area contributed by atoms with Crippen molar-refractivity contribution in [1.29, 1.82) is 0 Å². The standard InChI is InChI=1S/C18H20N2O5S2/c1-12-6-9-26-16(12)5-8-19-17(21)7-10-27(23,24)13-3-4-14-15(11-13)25-18(22)20(14)2/h3-4,6,9,11H,5,7-8,10H2,1-2H3,(H,19,21). The molecule has 0 spiro atoms. The molecule has 1 amide bonds. The van der Waals surface area contributed by atoms with Gasteiger partial charge in [-0.1, -0.05) is 0 Å². The normalized spacial score (nSPS) is 11.8. The summed E-state index contributed by atoms with van der Waals surface area (Å²) in [5.74, 6) is -1.17. The number of sulfone groups is 1. The van der Waals surface area contributed by atoms with E-state index in [4.69, 9.17) is 4.42 Å². The van der Waals surface area contributed by atoms with Crippen LogP contribution in [0, 0.1) is 6.92 Å². The summed E-state index contributed by atoms with van der Waals surface area (Å²) in [6.45, 7) is 2.49. The maximum atomic E-state index is 12.5. The van der Waals surface area contributed by atoms with E-state index in [0.29, 0.717) is 12.1 Å². The van der Waals surface area contributed by atoms with Gasteiger partial charge in [0.1, 0.15) is 0 Å². The Hall–Kier alpha value is -2.39. The van der Waals surface area contributed by atoms with Gasteiger partial charge in [-0.05, 0) is 42.5 Å². The summed E-state index contributed by atoms with van der Waals surface area (Å²) in [7, 11) is -2.11. The third-order valence-corrected chi connectivity index (χ3v) is 7.16. The summed E-state index contributed by atoms with van der Waals surface area (Å²) >= 11 is 1.64. The summed E-state index contributed by atoms with van der Waals surface area (Å²) in [5, 5.41) is 4.76. The molecule has 0 radical (unpaired) electrons. The molecular formula is C18H20N2O5S2. The zero-order chi connectivity index (χ0) is 19.6. The van der Waals surface area contributed by atoms with Crippen LogP contribution in [0.2, 0.25) is 0 Å². The Morgan fingerprint density at radius 1 is 1.30 bits per heavy atom. The molecule has 0 aliphatic rings. The van der Waals surface area contributed by atoms with Crippen molar-refractivity contribution in [1.82, 2.24) is 9.88 Å². The van der Waals surface area contributed by atoms with Crippen molar-refractivity contribution in [2.75, 3.05) is 12.3 Å². The molecule has 7 nitrogen and oxygen atoms in total. The van der Waals surface area contributed by atoms with E-state index in [0.717, 1.165) is 6.42 Å². The minimum atomic E-state index is -3.66. The molecule has 0 saturated heterocycles. The molecule has 2 aromatic heterocycles. The van der Waals surface area contributed by atoms with Gasteiger partial charge in [-0.25, -0.2) is 13.2 Å². The Morgan fingerprint density at radius 3 is 2.78 bits per heavy atom. The quantitative estimate of drug-likeness (QED) is 0.645. The summed E-state index contributed by atoms with van der Waals surface area (Å²) in [6, 6.07) is 6.30. The molecule has 0 saturated carbocycles. The number of amides is 1. The van der Waals surface area contributed by atoms with E-state index in [2.05, 4.69) is 5.32 Å². The molecule has 0 fully saturated rings. The van der Waals surface area contributed by atoms with Crippen LogP contribution in [-0.4, -0.2) is 31.2 Å². The number of aryl methyl sites for hydroxylation is 2. The lowest BCUT2D eigenvalue weighted by Crippen LogP contribution is -2.27. The fraction of sp³-hybridized carbons (Fsp3) is 0.333. The van der Waals surface area contributed by atoms with Crippen molar-refractivity contribution in [2.24, 2.45) is 7.05 Å². The largest absolute Gasteiger partial charge is 0.419 e. The van der Waals surface area contributed by atoms with Gasteiger partial charge in [-0.3, -0.25) is 9.36 Å². The number of hydrogen-bond acceptors (Lipinski definition) is 6. The predicted octanol–water partition coefficient (Wildman–Crippen LogP) is 2.02. The van der Waals surface area contributed by atoms with E-state index in [9.17, 15) is 18.0 Å². The molecule has 0 atom stereocenters. The number of thiophene rings is 1. The fourth-order valence-electron chi connectivity index (χ4n) is 2.72. The zero-order valence-electron chi connectivity index (χ0n) is 15.0. The minimum Gasteiger partial charge on any atom is -0.408 e. The highest BCUT2D eigenvalue weighted by molar-refractivity contribution is 7.91. The van der Waals surface area contributed by atoms with Crippen molar-refractivity contribution in [3.8, 4) is 0 Å². The van der Waals surface area contributed by atoms with Crippen LogP contribution in [0.1, 0.15) is 16.9 Å². The molecule has 0 aliphatic heterocycles. The maximum Gasteiger partial charge on any atom is 0.419 e. The monoisotopic (exact) mass is 408 g/mol.